The van der Waals surface area contributed by atoms with Crippen LogP contribution in [0, 0.1) is 5.92 Å². The van der Waals surface area contributed by atoms with E-state index in [9.17, 15) is 4.79 Å². The molecule has 70 valence electrons. The number of rotatable bonds is 1. The third kappa shape index (κ3) is 1.34. The smallest absolute Gasteiger partial charge is 0.314 e. The van der Waals surface area contributed by atoms with E-state index < -0.39 is 0 Å². The zero-order valence-electron chi connectivity index (χ0n) is 7.14. The highest BCUT2D eigenvalue weighted by atomic mass is 16.5. The predicted molar refractivity (Wildman–Crippen MR) is 41.0 cm³/mol. The van der Waals surface area contributed by atoms with Crippen LogP contribution >= 0.6 is 0 Å². The van der Waals surface area contributed by atoms with Crippen LogP contribution in [0.25, 0.3) is 0 Å². The lowest BCUT2D eigenvalue weighted by atomic mass is 10.1. The van der Waals surface area contributed by atoms with Crippen molar-refractivity contribution < 1.29 is 14.3 Å². The third-order valence-electron chi connectivity index (χ3n) is 1.92. The molecule has 1 unspecified atom stereocenters. The molecule has 0 bridgehead atoms. The standard InChI is InChI=1S/C7H9N3O3/c1-12-6(11)5-2-10-7(13-3-5)8-4-9-10/h4-5H,2-3H2,1H3. The van der Waals surface area contributed by atoms with E-state index in [1.807, 2.05) is 0 Å². The molecule has 2 rings (SSSR count). The highest BCUT2D eigenvalue weighted by Gasteiger charge is 2.27. The van der Waals surface area contributed by atoms with Gasteiger partial charge in [-0.1, -0.05) is 0 Å². The number of fused-ring (bicyclic) bond motifs is 1. The monoisotopic (exact) mass is 183 g/mol. The van der Waals surface area contributed by atoms with E-state index in [2.05, 4.69) is 14.8 Å². The van der Waals surface area contributed by atoms with E-state index in [1.54, 1.807) is 4.68 Å². The lowest BCUT2D eigenvalue weighted by Gasteiger charge is -2.20. The Balaban J connectivity index is 2.13. The van der Waals surface area contributed by atoms with Gasteiger partial charge in [0.05, 0.1) is 13.7 Å². The van der Waals surface area contributed by atoms with Crippen LogP contribution < -0.4 is 4.74 Å². The molecule has 0 saturated carbocycles. The largest absolute Gasteiger partial charge is 0.469 e. The molecule has 1 aliphatic heterocycles. The minimum absolute atomic E-state index is 0.277. The van der Waals surface area contributed by atoms with Crippen LogP contribution in [0.4, 0.5) is 0 Å². The first kappa shape index (κ1) is 8.03. The summed E-state index contributed by atoms with van der Waals surface area (Å²) in [4.78, 5) is 15.0. The van der Waals surface area contributed by atoms with Crippen molar-refractivity contribution in [1.82, 2.24) is 14.8 Å². The molecule has 0 aliphatic carbocycles. The van der Waals surface area contributed by atoms with E-state index >= 15 is 0 Å². The number of methoxy groups -OCH3 is 1. The molecule has 6 heteroatoms. The van der Waals surface area contributed by atoms with Crippen molar-refractivity contribution >= 4 is 5.97 Å². The number of aromatic nitrogens is 3. The highest BCUT2D eigenvalue weighted by Crippen LogP contribution is 2.16. The van der Waals surface area contributed by atoms with Gasteiger partial charge in [-0.15, -0.1) is 0 Å². The van der Waals surface area contributed by atoms with Gasteiger partial charge in [0.15, 0.2) is 0 Å². The number of ether oxygens (including phenoxy) is 2. The maximum absolute atomic E-state index is 11.1. The Labute approximate surface area is 74.5 Å². The Morgan fingerprint density at radius 2 is 2.69 bits per heavy atom. The Kier molecular flexibility index (Phi) is 1.88. The molecular weight excluding hydrogens is 174 g/mol. The van der Waals surface area contributed by atoms with E-state index in [4.69, 9.17) is 4.74 Å². The van der Waals surface area contributed by atoms with Crippen molar-refractivity contribution in [3.8, 4) is 6.01 Å². The summed E-state index contributed by atoms with van der Waals surface area (Å²) in [5, 5.41) is 3.90. The fraction of sp³-hybridized carbons (Fsp3) is 0.571. The molecule has 0 fully saturated rings. The molecule has 0 aromatic carbocycles. The first-order valence-electron chi connectivity index (χ1n) is 3.89. The molecule has 1 atom stereocenters. The SMILES string of the molecule is COC(=O)C1COc2ncnn2C1. The summed E-state index contributed by atoms with van der Waals surface area (Å²) in [6.45, 7) is 0.785. The number of hydrogen-bond acceptors (Lipinski definition) is 5. The van der Waals surface area contributed by atoms with Crippen LogP contribution in [-0.2, 0) is 16.1 Å². The minimum atomic E-state index is -0.279. The van der Waals surface area contributed by atoms with Crippen molar-refractivity contribution in [2.45, 2.75) is 6.54 Å². The molecule has 6 nitrogen and oxygen atoms in total. The van der Waals surface area contributed by atoms with Gasteiger partial charge in [0.2, 0.25) is 0 Å². The average Bonchev–Trinajstić information content (AvgIpc) is 2.63. The fourth-order valence-corrected chi connectivity index (χ4v) is 1.24. The summed E-state index contributed by atoms with van der Waals surface area (Å²) >= 11 is 0. The molecule has 0 N–H and O–H groups in total. The first-order chi connectivity index (χ1) is 6.31. The Morgan fingerprint density at radius 3 is 3.46 bits per heavy atom. The minimum Gasteiger partial charge on any atom is -0.469 e. The van der Waals surface area contributed by atoms with Crippen LogP contribution in [0.3, 0.4) is 0 Å². The maximum atomic E-state index is 11.1. The van der Waals surface area contributed by atoms with Gasteiger partial charge in [0.1, 0.15) is 18.9 Å². The molecular formula is C7H9N3O3. The van der Waals surface area contributed by atoms with Crippen molar-refractivity contribution in [2.24, 2.45) is 5.92 Å². The van der Waals surface area contributed by atoms with Crippen LogP contribution in [-0.4, -0.2) is 34.5 Å². The number of carbonyl (C=O) groups excluding carboxylic acids is 1. The third-order valence-corrected chi connectivity index (χ3v) is 1.92. The Bertz CT molecular complexity index is 323. The summed E-state index contributed by atoms with van der Waals surface area (Å²) in [6.07, 6.45) is 1.40. The second-order valence-electron chi connectivity index (χ2n) is 2.76. The van der Waals surface area contributed by atoms with Crippen LogP contribution in [0.1, 0.15) is 0 Å². The van der Waals surface area contributed by atoms with Crippen molar-refractivity contribution in [2.75, 3.05) is 13.7 Å². The van der Waals surface area contributed by atoms with E-state index in [1.165, 1.54) is 13.4 Å². The Hall–Kier alpha value is -1.59. The molecule has 0 amide bonds. The molecule has 1 aliphatic rings. The molecule has 0 radical (unpaired) electrons. The maximum Gasteiger partial charge on any atom is 0.314 e. The van der Waals surface area contributed by atoms with Crippen LogP contribution in [0.15, 0.2) is 6.33 Å². The number of esters is 1. The summed E-state index contributed by atoms with van der Waals surface area (Å²) in [5.41, 5.74) is 0. The Morgan fingerprint density at radius 1 is 1.85 bits per heavy atom. The quantitative estimate of drug-likeness (QED) is 0.547. The molecule has 1 aromatic heterocycles. The second kappa shape index (κ2) is 3.04. The second-order valence-corrected chi connectivity index (χ2v) is 2.76. The number of nitrogens with zero attached hydrogens (tertiary/aromatic N) is 3. The van der Waals surface area contributed by atoms with Gasteiger partial charge in [-0.2, -0.15) is 10.1 Å². The topological polar surface area (TPSA) is 66.2 Å². The number of hydrogen-bond donors (Lipinski definition) is 0. The summed E-state index contributed by atoms with van der Waals surface area (Å²) in [5.74, 6) is -0.555. The van der Waals surface area contributed by atoms with Crippen LogP contribution in [0.5, 0.6) is 6.01 Å². The molecule has 1 aromatic rings. The van der Waals surface area contributed by atoms with Gasteiger partial charge in [-0.3, -0.25) is 4.79 Å². The lowest BCUT2D eigenvalue weighted by Crippen LogP contribution is -2.32. The van der Waals surface area contributed by atoms with Gasteiger partial charge in [0, 0.05) is 0 Å². The summed E-state index contributed by atoms with van der Waals surface area (Å²) in [6, 6.07) is 0.458. The molecule has 2 heterocycles. The van der Waals surface area contributed by atoms with Gasteiger partial charge < -0.3 is 9.47 Å². The van der Waals surface area contributed by atoms with Gasteiger partial charge in [-0.25, -0.2) is 4.68 Å². The van der Waals surface area contributed by atoms with Gasteiger partial charge in [-0.05, 0) is 0 Å². The zero-order chi connectivity index (χ0) is 9.26. The van der Waals surface area contributed by atoms with Gasteiger partial charge >= 0.3 is 12.0 Å². The molecule has 13 heavy (non-hydrogen) atoms. The average molecular weight is 183 g/mol. The molecule has 0 saturated heterocycles. The lowest BCUT2D eigenvalue weighted by molar-refractivity contribution is -0.148. The fourth-order valence-electron chi connectivity index (χ4n) is 1.24. The normalized spacial score (nSPS) is 20.2. The van der Waals surface area contributed by atoms with Gasteiger partial charge in [0.25, 0.3) is 0 Å². The van der Waals surface area contributed by atoms with E-state index in [0.717, 1.165) is 0 Å². The summed E-state index contributed by atoms with van der Waals surface area (Å²) < 4.78 is 11.3. The highest BCUT2D eigenvalue weighted by molar-refractivity contribution is 5.72. The first-order valence-corrected chi connectivity index (χ1v) is 3.89. The van der Waals surface area contributed by atoms with Crippen molar-refractivity contribution in [3.05, 3.63) is 6.33 Å². The van der Waals surface area contributed by atoms with Crippen molar-refractivity contribution in [3.63, 3.8) is 0 Å². The van der Waals surface area contributed by atoms with Crippen molar-refractivity contribution in [1.29, 1.82) is 0 Å². The predicted octanol–water partition coefficient (Wildman–Crippen LogP) is -0.540. The zero-order valence-corrected chi connectivity index (χ0v) is 7.14. The number of carbonyl (C=O) groups is 1. The van der Waals surface area contributed by atoms with E-state index in [-0.39, 0.29) is 11.9 Å². The summed E-state index contributed by atoms with van der Waals surface area (Å²) in [7, 11) is 1.36. The molecule has 0 spiro atoms. The van der Waals surface area contributed by atoms with Crippen LogP contribution in [0.2, 0.25) is 0 Å². The van der Waals surface area contributed by atoms with E-state index in [0.29, 0.717) is 19.2 Å².